The number of carbonyl (C=O) groups is 2. The number of aryl methyl sites for hydroxylation is 2. The van der Waals surface area contributed by atoms with Gasteiger partial charge in [-0.1, -0.05) is 43.7 Å². The highest BCUT2D eigenvalue weighted by molar-refractivity contribution is 5.95. The molecule has 1 aliphatic heterocycles. The molecule has 0 bridgehead atoms. The van der Waals surface area contributed by atoms with Gasteiger partial charge in [0, 0.05) is 24.7 Å². The average molecular weight is 395 g/mol. The predicted molar refractivity (Wildman–Crippen MR) is 114 cm³/mol. The van der Waals surface area contributed by atoms with Crippen molar-refractivity contribution in [3.8, 4) is 5.75 Å². The maximum Gasteiger partial charge on any atom is 0.258 e. The van der Waals surface area contributed by atoms with Gasteiger partial charge in [0.05, 0.1) is 0 Å². The van der Waals surface area contributed by atoms with Crippen LogP contribution in [0.2, 0.25) is 0 Å². The van der Waals surface area contributed by atoms with E-state index in [1.165, 1.54) is 5.56 Å². The van der Waals surface area contributed by atoms with Crippen LogP contribution in [-0.2, 0) is 11.2 Å². The number of carbonyl (C=O) groups excluding carboxylic acids is 2. The van der Waals surface area contributed by atoms with Crippen LogP contribution in [0.3, 0.4) is 0 Å². The summed E-state index contributed by atoms with van der Waals surface area (Å²) >= 11 is 0. The first-order valence-corrected chi connectivity index (χ1v) is 10.4. The van der Waals surface area contributed by atoms with E-state index in [1.54, 1.807) is 0 Å². The van der Waals surface area contributed by atoms with Crippen molar-refractivity contribution in [3.63, 3.8) is 0 Å². The minimum absolute atomic E-state index is 0.00940. The van der Waals surface area contributed by atoms with Crippen molar-refractivity contribution in [2.24, 2.45) is 0 Å². The number of rotatable bonds is 7. The second kappa shape index (κ2) is 10.1. The number of likely N-dealkylation sites (tertiary alicyclic amines) is 1. The third-order valence-electron chi connectivity index (χ3n) is 5.35. The van der Waals surface area contributed by atoms with E-state index in [2.05, 4.69) is 12.2 Å². The minimum Gasteiger partial charge on any atom is -0.484 e. The van der Waals surface area contributed by atoms with Gasteiger partial charge in [0.25, 0.3) is 11.8 Å². The number of amides is 2. The topological polar surface area (TPSA) is 58.6 Å². The summed E-state index contributed by atoms with van der Waals surface area (Å²) in [5.74, 6) is 0.660. The zero-order valence-corrected chi connectivity index (χ0v) is 17.3. The monoisotopic (exact) mass is 394 g/mol. The highest BCUT2D eigenvalue weighted by Crippen LogP contribution is 2.17. The molecule has 5 heteroatoms. The lowest BCUT2D eigenvalue weighted by atomic mass is 10.0. The van der Waals surface area contributed by atoms with E-state index in [0.29, 0.717) is 18.8 Å². The van der Waals surface area contributed by atoms with Gasteiger partial charge in [-0.25, -0.2) is 0 Å². The van der Waals surface area contributed by atoms with Gasteiger partial charge in [0.15, 0.2) is 6.61 Å². The van der Waals surface area contributed by atoms with Crippen molar-refractivity contribution in [1.82, 2.24) is 10.2 Å². The van der Waals surface area contributed by atoms with Crippen LogP contribution in [0, 0.1) is 6.92 Å². The molecule has 2 amide bonds. The summed E-state index contributed by atoms with van der Waals surface area (Å²) in [5.41, 5.74) is 3.03. The minimum atomic E-state index is -0.119. The Morgan fingerprint density at radius 3 is 2.41 bits per heavy atom. The van der Waals surface area contributed by atoms with Crippen molar-refractivity contribution >= 4 is 11.8 Å². The Balaban J connectivity index is 1.41. The van der Waals surface area contributed by atoms with Gasteiger partial charge in [0.2, 0.25) is 0 Å². The molecule has 0 radical (unpaired) electrons. The van der Waals surface area contributed by atoms with Crippen molar-refractivity contribution in [2.75, 3.05) is 19.7 Å². The van der Waals surface area contributed by atoms with E-state index in [0.717, 1.165) is 36.8 Å². The number of piperidine rings is 1. The van der Waals surface area contributed by atoms with Gasteiger partial charge in [-0.3, -0.25) is 9.59 Å². The first-order chi connectivity index (χ1) is 14.1. The summed E-state index contributed by atoms with van der Waals surface area (Å²) < 4.78 is 5.60. The number of nitrogens with one attached hydrogen (secondary N) is 1. The Hall–Kier alpha value is -2.82. The number of nitrogens with zero attached hydrogens (tertiary/aromatic N) is 1. The van der Waals surface area contributed by atoms with Crippen LogP contribution < -0.4 is 10.1 Å². The fourth-order valence-corrected chi connectivity index (χ4v) is 3.67. The van der Waals surface area contributed by atoms with Crippen LogP contribution in [0.4, 0.5) is 0 Å². The van der Waals surface area contributed by atoms with Crippen LogP contribution in [-0.4, -0.2) is 42.5 Å². The van der Waals surface area contributed by atoms with Crippen molar-refractivity contribution < 1.29 is 14.3 Å². The molecular weight excluding hydrogens is 364 g/mol. The summed E-state index contributed by atoms with van der Waals surface area (Å²) in [4.78, 5) is 26.8. The molecule has 1 saturated heterocycles. The van der Waals surface area contributed by atoms with E-state index in [-0.39, 0.29) is 24.5 Å². The molecule has 0 aliphatic carbocycles. The molecule has 0 atom stereocenters. The first-order valence-electron chi connectivity index (χ1n) is 10.4. The van der Waals surface area contributed by atoms with Crippen molar-refractivity contribution in [2.45, 2.75) is 45.6 Å². The van der Waals surface area contributed by atoms with E-state index < -0.39 is 0 Å². The number of hydrogen-bond acceptors (Lipinski definition) is 3. The zero-order chi connectivity index (χ0) is 20.6. The number of ether oxygens (including phenoxy) is 1. The maximum absolute atomic E-state index is 12.7. The fraction of sp³-hybridized carbons (Fsp3) is 0.417. The molecule has 1 aliphatic rings. The molecule has 0 spiro atoms. The lowest BCUT2D eigenvalue weighted by molar-refractivity contribution is -0.124. The Morgan fingerprint density at radius 2 is 1.76 bits per heavy atom. The fourth-order valence-electron chi connectivity index (χ4n) is 3.67. The number of hydrogen-bond donors (Lipinski definition) is 1. The predicted octanol–water partition coefficient (Wildman–Crippen LogP) is 3.75. The highest BCUT2D eigenvalue weighted by atomic mass is 16.5. The normalized spacial score (nSPS) is 14.5. The quantitative estimate of drug-likeness (QED) is 0.778. The molecule has 2 aromatic rings. The Labute approximate surface area is 173 Å². The first kappa shape index (κ1) is 20.9. The second-order valence-corrected chi connectivity index (χ2v) is 7.63. The third kappa shape index (κ3) is 5.83. The van der Waals surface area contributed by atoms with Crippen molar-refractivity contribution in [3.05, 3.63) is 65.2 Å². The molecular formula is C24H30N2O3. The summed E-state index contributed by atoms with van der Waals surface area (Å²) in [6.07, 6.45) is 3.67. The zero-order valence-electron chi connectivity index (χ0n) is 17.3. The molecule has 0 saturated carbocycles. The second-order valence-electron chi connectivity index (χ2n) is 7.63. The van der Waals surface area contributed by atoms with Gasteiger partial charge < -0.3 is 15.0 Å². The molecule has 1 fully saturated rings. The molecule has 3 rings (SSSR count). The standard InChI is InChI=1S/C24H30N2O3/c1-3-6-19-9-11-21(12-10-19)29-17-23(27)25-20-13-15-26(16-14-20)24(28)22-8-5-4-7-18(22)2/h4-5,7-12,20H,3,6,13-17H2,1-2H3,(H,25,27). The molecule has 29 heavy (non-hydrogen) atoms. The lowest BCUT2D eigenvalue weighted by Crippen LogP contribution is -2.47. The van der Waals surface area contributed by atoms with Crippen molar-refractivity contribution in [1.29, 1.82) is 0 Å². The highest BCUT2D eigenvalue weighted by Gasteiger charge is 2.25. The molecule has 0 aromatic heterocycles. The Morgan fingerprint density at radius 1 is 1.07 bits per heavy atom. The lowest BCUT2D eigenvalue weighted by Gasteiger charge is -2.32. The Kier molecular flexibility index (Phi) is 7.28. The molecule has 1 N–H and O–H groups in total. The van der Waals surface area contributed by atoms with Crippen LogP contribution in [0.15, 0.2) is 48.5 Å². The molecule has 1 heterocycles. The molecule has 2 aromatic carbocycles. The van der Waals surface area contributed by atoms with Gasteiger partial charge >= 0.3 is 0 Å². The van der Waals surface area contributed by atoms with E-state index in [9.17, 15) is 9.59 Å². The number of benzene rings is 2. The average Bonchev–Trinajstić information content (AvgIpc) is 2.74. The van der Waals surface area contributed by atoms with Gasteiger partial charge in [-0.2, -0.15) is 0 Å². The molecule has 154 valence electrons. The van der Waals surface area contributed by atoms with E-state index >= 15 is 0 Å². The smallest absolute Gasteiger partial charge is 0.258 e. The summed E-state index contributed by atoms with van der Waals surface area (Å²) in [6.45, 7) is 5.42. The summed E-state index contributed by atoms with van der Waals surface area (Å²) in [6, 6.07) is 15.6. The SMILES string of the molecule is CCCc1ccc(OCC(=O)NC2CCN(C(=O)c3ccccc3C)CC2)cc1. The molecule has 0 unspecified atom stereocenters. The Bertz CT molecular complexity index is 824. The largest absolute Gasteiger partial charge is 0.484 e. The summed E-state index contributed by atoms with van der Waals surface area (Å²) in [5, 5.41) is 3.03. The molecule has 5 nitrogen and oxygen atoms in total. The maximum atomic E-state index is 12.7. The van der Waals surface area contributed by atoms with Crippen LogP contribution in [0.1, 0.15) is 47.7 Å². The van der Waals surface area contributed by atoms with Gasteiger partial charge in [-0.05, 0) is 55.5 Å². The van der Waals surface area contributed by atoms with Crippen LogP contribution in [0.25, 0.3) is 0 Å². The van der Waals surface area contributed by atoms with Gasteiger partial charge in [-0.15, -0.1) is 0 Å². The van der Waals surface area contributed by atoms with Crippen LogP contribution >= 0.6 is 0 Å². The van der Waals surface area contributed by atoms with E-state index in [4.69, 9.17) is 4.74 Å². The van der Waals surface area contributed by atoms with Crippen LogP contribution in [0.5, 0.6) is 5.75 Å². The third-order valence-corrected chi connectivity index (χ3v) is 5.35. The summed E-state index contributed by atoms with van der Waals surface area (Å²) in [7, 11) is 0. The van der Waals surface area contributed by atoms with Gasteiger partial charge in [0.1, 0.15) is 5.75 Å². The van der Waals surface area contributed by atoms with E-state index in [1.807, 2.05) is 60.4 Å².